The maximum absolute atomic E-state index is 10.6. The van der Waals surface area contributed by atoms with Gasteiger partial charge in [0.25, 0.3) is 5.69 Å². The van der Waals surface area contributed by atoms with E-state index in [1.165, 1.54) is 19.2 Å². The fourth-order valence-electron chi connectivity index (χ4n) is 1.00. The van der Waals surface area contributed by atoms with Gasteiger partial charge in [-0.15, -0.1) is 0 Å². The molecule has 16 heavy (non-hydrogen) atoms. The molecule has 1 aromatic carbocycles. The van der Waals surface area contributed by atoms with E-state index < -0.39 is 4.92 Å². The number of nitrogens with zero attached hydrogens (tertiary/aromatic N) is 1. The van der Waals surface area contributed by atoms with Gasteiger partial charge in [0.2, 0.25) is 0 Å². The number of methoxy groups -OCH3 is 1. The summed E-state index contributed by atoms with van der Waals surface area (Å²) in [6.45, 7) is 0.627. The number of benzene rings is 1. The quantitative estimate of drug-likeness (QED) is 0.467. The highest BCUT2D eigenvalue weighted by Crippen LogP contribution is 2.35. The van der Waals surface area contributed by atoms with Crippen molar-refractivity contribution in [2.24, 2.45) is 0 Å². The molecule has 0 bridgehead atoms. The Balaban J connectivity index is 2.91. The summed E-state index contributed by atoms with van der Waals surface area (Å²) in [4.78, 5) is 10.0. The topological polar surface area (TPSA) is 61.6 Å². The molecule has 0 aliphatic heterocycles. The molecule has 1 rings (SSSR count). The second-order valence-electron chi connectivity index (χ2n) is 2.83. The van der Waals surface area contributed by atoms with Crippen LogP contribution < -0.4 is 4.74 Å². The fraction of sp³-hybridized carbons (Fsp3) is 0.333. The Morgan fingerprint density at radius 1 is 1.31 bits per heavy atom. The first-order valence-corrected chi connectivity index (χ1v) is 5.07. The van der Waals surface area contributed by atoms with E-state index >= 15 is 0 Å². The maximum Gasteiger partial charge on any atom is 0.291 e. The van der Waals surface area contributed by atoms with Crippen LogP contribution in [0.15, 0.2) is 12.1 Å². The van der Waals surface area contributed by atoms with Gasteiger partial charge in [0.05, 0.1) is 22.6 Å². The lowest BCUT2D eigenvalue weighted by Crippen LogP contribution is -2.05. The molecule has 7 heteroatoms. The van der Waals surface area contributed by atoms with E-state index in [-0.39, 0.29) is 28.1 Å². The van der Waals surface area contributed by atoms with Gasteiger partial charge in [-0.25, -0.2) is 0 Å². The molecule has 0 N–H and O–H groups in total. The molecular formula is C9H9Cl2NO4. The first-order chi connectivity index (χ1) is 7.56. The highest BCUT2D eigenvalue weighted by Gasteiger charge is 2.16. The SMILES string of the molecule is COCCOc1cc([N+](=O)[O-])c(Cl)cc1Cl. The van der Waals surface area contributed by atoms with Crippen LogP contribution in [0.5, 0.6) is 5.75 Å². The lowest BCUT2D eigenvalue weighted by atomic mass is 10.3. The second-order valence-corrected chi connectivity index (χ2v) is 3.65. The van der Waals surface area contributed by atoms with Crippen molar-refractivity contribution in [3.8, 4) is 5.75 Å². The molecule has 0 saturated carbocycles. The predicted molar refractivity (Wildman–Crippen MR) is 60.5 cm³/mol. The van der Waals surface area contributed by atoms with Crippen molar-refractivity contribution in [1.29, 1.82) is 0 Å². The van der Waals surface area contributed by atoms with Gasteiger partial charge < -0.3 is 9.47 Å². The van der Waals surface area contributed by atoms with Crippen LogP contribution in [0.25, 0.3) is 0 Å². The van der Waals surface area contributed by atoms with Crippen LogP contribution >= 0.6 is 23.2 Å². The van der Waals surface area contributed by atoms with Crippen LogP contribution in [0.2, 0.25) is 10.0 Å². The van der Waals surface area contributed by atoms with Gasteiger partial charge >= 0.3 is 0 Å². The molecule has 5 nitrogen and oxygen atoms in total. The minimum atomic E-state index is -0.595. The zero-order valence-corrected chi connectivity index (χ0v) is 9.92. The smallest absolute Gasteiger partial charge is 0.291 e. The largest absolute Gasteiger partial charge is 0.489 e. The third-order valence-corrected chi connectivity index (χ3v) is 2.34. The zero-order chi connectivity index (χ0) is 12.1. The molecule has 0 atom stereocenters. The van der Waals surface area contributed by atoms with Crippen LogP contribution in [-0.2, 0) is 4.74 Å². The summed E-state index contributed by atoms with van der Waals surface area (Å²) in [5, 5.41) is 10.8. The molecule has 0 aliphatic rings. The summed E-state index contributed by atoms with van der Waals surface area (Å²) in [7, 11) is 1.52. The zero-order valence-electron chi connectivity index (χ0n) is 8.41. The molecule has 0 fully saturated rings. The van der Waals surface area contributed by atoms with Crippen molar-refractivity contribution in [3.05, 3.63) is 32.3 Å². The van der Waals surface area contributed by atoms with Crippen molar-refractivity contribution in [3.63, 3.8) is 0 Å². The van der Waals surface area contributed by atoms with Crippen LogP contribution in [0.4, 0.5) is 5.69 Å². The van der Waals surface area contributed by atoms with Gasteiger partial charge in [0.1, 0.15) is 17.4 Å². The second kappa shape index (κ2) is 5.89. The van der Waals surface area contributed by atoms with Gasteiger partial charge in [-0.2, -0.15) is 0 Å². The van der Waals surface area contributed by atoms with Crippen LogP contribution in [-0.4, -0.2) is 25.2 Å². The summed E-state index contributed by atoms with van der Waals surface area (Å²) in [6, 6.07) is 2.48. The van der Waals surface area contributed by atoms with Gasteiger partial charge in [0, 0.05) is 7.11 Å². The Hall–Kier alpha value is -1.04. The van der Waals surface area contributed by atoms with Gasteiger partial charge in [0.15, 0.2) is 0 Å². The third kappa shape index (κ3) is 3.23. The molecule has 0 spiro atoms. The van der Waals surface area contributed by atoms with E-state index in [0.717, 1.165) is 0 Å². The van der Waals surface area contributed by atoms with E-state index in [1.807, 2.05) is 0 Å². The minimum absolute atomic E-state index is 0.0194. The van der Waals surface area contributed by atoms with E-state index in [4.69, 9.17) is 32.7 Å². The number of nitro groups is 1. The summed E-state index contributed by atoms with van der Waals surface area (Å²) in [5.41, 5.74) is -0.238. The highest BCUT2D eigenvalue weighted by atomic mass is 35.5. The van der Waals surface area contributed by atoms with Crippen molar-refractivity contribution in [2.45, 2.75) is 0 Å². The molecule has 88 valence electrons. The minimum Gasteiger partial charge on any atom is -0.489 e. The van der Waals surface area contributed by atoms with Crippen LogP contribution in [0, 0.1) is 10.1 Å². The molecular weight excluding hydrogens is 257 g/mol. The Morgan fingerprint density at radius 2 is 2.00 bits per heavy atom. The molecule has 0 aliphatic carbocycles. The summed E-state index contributed by atoms with van der Waals surface area (Å²) in [5.74, 6) is 0.217. The number of halogens is 2. The van der Waals surface area contributed by atoms with Crippen LogP contribution in [0.3, 0.4) is 0 Å². The Morgan fingerprint density at radius 3 is 2.56 bits per heavy atom. The van der Waals surface area contributed by atoms with E-state index in [0.29, 0.717) is 6.61 Å². The predicted octanol–water partition coefficient (Wildman–Crippen LogP) is 2.93. The van der Waals surface area contributed by atoms with Crippen molar-refractivity contribution in [2.75, 3.05) is 20.3 Å². The monoisotopic (exact) mass is 265 g/mol. The highest BCUT2D eigenvalue weighted by molar-refractivity contribution is 6.36. The average molecular weight is 266 g/mol. The average Bonchev–Trinajstić information content (AvgIpc) is 2.21. The molecule has 0 radical (unpaired) electrons. The number of ether oxygens (including phenoxy) is 2. The molecule has 0 saturated heterocycles. The summed E-state index contributed by atoms with van der Waals surface area (Å²) in [6.07, 6.45) is 0. The fourth-order valence-corrected chi connectivity index (χ4v) is 1.51. The van der Waals surface area contributed by atoms with Gasteiger partial charge in [-0.3, -0.25) is 10.1 Å². The summed E-state index contributed by atoms with van der Waals surface area (Å²) < 4.78 is 9.98. The van der Waals surface area contributed by atoms with Crippen LogP contribution in [0.1, 0.15) is 0 Å². The van der Waals surface area contributed by atoms with E-state index in [1.54, 1.807) is 0 Å². The standard InChI is InChI=1S/C9H9Cl2NO4/c1-15-2-3-16-9-5-8(12(13)14)6(10)4-7(9)11/h4-5H,2-3H2,1H3. The van der Waals surface area contributed by atoms with Crippen molar-refractivity contribution >= 4 is 28.9 Å². The molecule has 0 heterocycles. The first kappa shape index (κ1) is 13.0. The number of rotatable bonds is 5. The van der Waals surface area contributed by atoms with E-state index in [9.17, 15) is 10.1 Å². The van der Waals surface area contributed by atoms with Gasteiger partial charge in [-0.1, -0.05) is 23.2 Å². The Bertz CT molecular complexity index is 397. The number of hydrogen-bond donors (Lipinski definition) is 0. The van der Waals surface area contributed by atoms with Crippen molar-refractivity contribution < 1.29 is 14.4 Å². The summed E-state index contributed by atoms with van der Waals surface area (Å²) >= 11 is 11.5. The first-order valence-electron chi connectivity index (χ1n) is 4.31. The number of nitro benzene ring substituents is 1. The Kier molecular flexibility index (Phi) is 4.79. The molecule has 0 unspecified atom stereocenters. The van der Waals surface area contributed by atoms with Crippen molar-refractivity contribution in [1.82, 2.24) is 0 Å². The number of hydrogen-bond acceptors (Lipinski definition) is 4. The van der Waals surface area contributed by atoms with E-state index in [2.05, 4.69) is 0 Å². The lowest BCUT2D eigenvalue weighted by Gasteiger charge is -2.07. The maximum atomic E-state index is 10.6. The van der Waals surface area contributed by atoms with Gasteiger partial charge in [-0.05, 0) is 6.07 Å². The third-order valence-electron chi connectivity index (χ3n) is 1.74. The normalized spacial score (nSPS) is 10.2. The molecule has 0 aromatic heterocycles. The lowest BCUT2D eigenvalue weighted by molar-refractivity contribution is -0.384. The molecule has 1 aromatic rings. The Labute approximate surface area is 102 Å². The molecule has 0 amide bonds.